The maximum Gasteiger partial charge on any atom is 0.0713 e. The van der Waals surface area contributed by atoms with Gasteiger partial charge in [-0.15, -0.1) is 0 Å². The zero-order valence-electron chi connectivity index (χ0n) is 66.5. The van der Waals surface area contributed by atoms with Crippen molar-refractivity contribution in [3.8, 4) is 89.0 Å². The molecule has 21 rings (SSSR count). The standard InChI is InChI=1S/C27H20.C26H20.2C23H18.C16H16/c1-19-15-24(23-14-13-20-7-2-3-9-22(20)17-23)18-25(16-19)27-12-6-10-21-8-4-5-11-26(21)27;1-19-16-17-23-22-14-8-9-15-24(22)26(25(23)18-19,20-10-4-2-5-11-20)21-12-6-3-7-13-21;1-17-14-20(18-8-3-2-4-9-18)16-21(15-17)23-13-7-11-19-10-5-6-12-22(19)23;1-17-13-22(18-7-3-2-4-8-18)16-23(14-17)21-12-11-19-9-5-6-10-20(19)15-21;1-11-8-9-13-12-6-4-5-7-14(12)16(2,3)15(13)10-11/h2-18H,1H3;2-18H,1H3;2*2-16H,1H3;4-10H,1-3H3. The third-order valence-corrected chi connectivity index (χ3v) is 23.2. The highest BCUT2D eigenvalue weighted by Crippen LogP contribution is 2.56. The Bertz CT molecular complexity index is 6660. The second kappa shape index (κ2) is 32.5. The molecule has 115 heavy (non-hydrogen) atoms. The van der Waals surface area contributed by atoms with Crippen LogP contribution in [0.25, 0.3) is 132 Å². The molecule has 0 bridgehead atoms. The van der Waals surface area contributed by atoms with Gasteiger partial charge in [-0.2, -0.15) is 0 Å². The largest absolute Gasteiger partial charge is 0.0713 e. The minimum atomic E-state index is -0.263. The molecule has 19 aromatic rings. The van der Waals surface area contributed by atoms with E-state index in [4.69, 9.17) is 0 Å². The quantitative estimate of drug-likeness (QED) is 0.142. The van der Waals surface area contributed by atoms with Gasteiger partial charge in [0.2, 0.25) is 0 Å². The number of rotatable bonds is 8. The number of hydrogen-bond acceptors (Lipinski definition) is 0. The van der Waals surface area contributed by atoms with Crippen molar-refractivity contribution >= 4 is 43.1 Å². The molecule has 0 amide bonds. The van der Waals surface area contributed by atoms with Crippen LogP contribution in [0.1, 0.15) is 75.0 Å². The van der Waals surface area contributed by atoms with E-state index >= 15 is 0 Å². The number of fused-ring (bicyclic) bond motifs is 10. The van der Waals surface area contributed by atoms with Crippen molar-refractivity contribution < 1.29 is 0 Å². The Morgan fingerprint density at radius 1 is 0.157 bits per heavy atom. The maximum atomic E-state index is 2.37. The molecular formula is C115H92. The molecule has 0 saturated carbocycles. The first-order valence-electron chi connectivity index (χ1n) is 40.2. The summed E-state index contributed by atoms with van der Waals surface area (Å²) < 4.78 is 0. The third-order valence-electron chi connectivity index (χ3n) is 23.2. The summed E-state index contributed by atoms with van der Waals surface area (Å²) in [6.45, 7) is 15.5. The summed E-state index contributed by atoms with van der Waals surface area (Å²) in [4.78, 5) is 0. The van der Waals surface area contributed by atoms with Crippen molar-refractivity contribution in [2.45, 2.75) is 59.3 Å². The molecule has 2 aliphatic carbocycles. The Morgan fingerprint density at radius 3 is 0.930 bits per heavy atom. The molecule has 19 aromatic carbocycles. The Hall–Kier alpha value is -13.8. The van der Waals surface area contributed by atoms with Crippen molar-refractivity contribution in [1.29, 1.82) is 0 Å². The molecular weight excluding hydrogens is 1380 g/mol. The second-order valence-corrected chi connectivity index (χ2v) is 31.5. The fraction of sp³-hybridized carbons (Fsp3) is 0.0783. The summed E-state index contributed by atoms with van der Waals surface area (Å²) in [7, 11) is 0. The highest BCUT2D eigenvalue weighted by molar-refractivity contribution is 6.00. The van der Waals surface area contributed by atoms with E-state index < -0.39 is 0 Å². The number of hydrogen-bond donors (Lipinski definition) is 0. The second-order valence-electron chi connectivity index (χ2n) is 31.5. The average Bonchev–Trinajstić information content (AvgIpc) is 1.54. The lowest BCUT2D eigenvalue weighted by Crippen LogP contribution is -2.28. The Kier molecular flexibility index (Phi) is 20.9. The van der Waals surface area contributed by atoms with Gasteiger partial charge < -0.3 is 0 Å². The monoisotopic (exact) mass is 1470 g/mol. The van der Waals surface area contributed by atoms with Crippen LogP contribution in [0.2, 0.25) is 0 Å². The van der Waals surface area contributed by atoms with E-state index in [1.165, 1.54) is 193 Å². The SMILES string of the molecule is Cc1cc(-c2ccc3ccccc3c2)cc(-c2cccc3ccccc23)c1.Cc1cc(-c2ccccc2)cc(-c2ccc3ccccc3c2)c1.Cc1cc(-c2ccccc2)cc(-c2cccc3ccccc23)c1.Cc1ccc2c(c1)C(C)(C)c1ccccc1-2.Cc1ccc2c(c1)C(c1ccccc1)(c1ccccc1)c1ccccc1-2. The molecule has 0 atom stereocenters. The van der Waals surface area contributed by atoms with Crippen molar-refractivity contribution in [1.82, 2.24) is 0 Å². The van der Waals surface area contributed by atoms with Crippen LogP contribution in [-0.2, 0) is 10.8 Å². The summed E-state index contributed by atoms with van der Waals surface area (Å²) >= 11 is 0. The Morgan fingerprint density at radius 2 is 0.470 bits per heavy atom. The van der Waals surface area contributed by atoms with Crippen LogP contribution in [0.5, 0.6) is 0 Å². The topological polar surface area (TPSA) is 0 Å². The van der Waals surface area contributed by atoms with E-state index in [-0.39, 0.29) is 10.8 Å². The summed E-state index contributed by atoms with van der Waals surface area (Å²) in [6.07, 6.45) is 0. The third kappa shape index (κ3) is 15.2. The van der Waals surface area contributed by atoms with Gasteiger partial charge in [-0.3, -0.25) is 0 Å². The molecule has 0 saturated heterocycles. The molecule has 0 heteroatoms. The van der Waals surface area contributed by atoms with Gasteiger partial charge in [0.1, 0.15) is 0 Å². The average molecular weight is 1470 g/mol. The summed E-state index contributed by atoms with van der Waals surface area (Å²) in [5, 5.41) is 10.3. The van der Waals surface area contributed by atoms with Crippen molar-refractivity contribution in [3.63, 3.8) is 0 Å². The van der Waals surface area contributed by atoms with E-state index in [1.54, 1.807) is 0 Å². The lowest BCUT2D eigenvalue weighted by Gasteiger charge is -2.34. The smallest absolute Gasteiger partial charge is 0.0622 e. The number of aryl methyl sites for hydroxylation is 5. The zero-order valence-corrected chi connectivity index (χ0v) is 66.5. The molecule has 0 radical (unpaired) electrons. The van der Waals surface area contributed by atoms with Gasteiger partial charge in [0.05, 0.1) is 5.41 Å². The molecule has 0 unspecified atom stereocenters. The van der Waals surface area contributed by atoms with Gasteiger partial charge in [-0.25, -0.2) is 0 Å². The van der Waals surface area contributed by atoms with Crippen LogP contribution in [-0.4, -0.2) is 0 Å². The van der Waals surface area contributed by atoms with Crippen LogP contribution in [0.3, 0.4) is 0 Å². The molecule has 0 nitrogen and oxygen atoms in total. The highest BCUT2D eigenvalue weighted by Gasteiger charge is 2.46. The fourth-order valence-corrected chi connectivity index (χ4v) is 17.7. The van der Waals surface area contributed by atoms with E-state index in [0.717, 1.165) is 0 Å². The number of benzene rings is 19. The van der Waals surface area contributed by atoms with Crippen LogP contribution in [0, 0.1) is 34.6 Å². The van der Waals surface area contributed by atoms with Gasteiger partial charge in [0, 0.05) is 5.41 Å². The first-order valence-corrected chi connectivity index (χ1v) is 40.2. The van der Waals surface area contributed by atoms with Crippen LogP contribution >= 0.6 is 0 Å². The van der Waals surface area contributed by atoms with Crippen molar-refractivity contribution in [2.75, 3.05) is 0 Å². The molecule has 2 aliphatic rings. The van der Waals surface area contributed by atoms with Crippen LogP contribution in [0.15, 0.2) is 431 Å². The van der Waals surface area contributed by atoms with Crippen LogP contribution < -0.4 is 0 Å². The minimum Gasteiger partial charge on any atom is -0.0622 e. The zero-order chi connectivity index (χ0) is 78.4. The maximum absolute atomic E-state index is 2.37. The predicted molar refractivity (Wildman–Crippen MR) is 493 cm³/mol. The first kappa shape index (κ1) is 74.0. The normalized spacial score (nSPS) is 12.3. The summed E-state index contributed by atoms with van der Waals surface area (Å²) in [5.74, 6) is 0. The van der Waals surface area contributed by atoms with E-state index in [2.05, 4.69) is 479 Å². The van der Waals surface area contributed by atoms with Gasteiger partial charge in [-0.1, -0.05) is 425 Å². The molecule has 552 valence electrons. The van der Waals surface area contributed by atoms with Crippen molar-refractivity contribution in [2.24, 2.45) is 0 Å². The van der Waals surface area contributed by atoms with Crippen LogP contribution in [0.4, 0.5) is 0 Å². The fourth-order valence-electron chi connectivity index (χ4n) is 17.7. The lowest BCUT2D eigenvalue weighted by atomic mass is 9.67. The molecule has 0 aliphatic heterocycles. The van der Waals surface area contributed by atoms with E-state index in [1.807, 2.05) is 0 Å². The van der Waals surface area contributed by atoms with E-state index in [9.17, 15) is 0 Å². The van der Waals surface area contributed by atoms with Gasteiger partial charge in [0.25, 0.3) is 0 Å². The molecule has 0 fully saturated rings. The highest BCUT2D eigenvalue weighted by atomic mass is 14.5. The predicted octanol–water partition coefficient (Wildman–Crippen LogP) is 31.3. The lowest BCUT2D eigenvalue weighted by molar-refractivity contribution is 0.660. The van der Waals surface area contributed by atoms with E-state index in [0.29, 0.717) is 0 Å². The molecule has 0 heterocycles. The summed E-state index contributed by atoms with van der Waals surface area (Å²) in [6, 6.07) is 156. The van der Waals surface area contributed by atoms with Crippen molar-refractivity contribution in [3.05, 3.63) is 492 Å². The Labute approximate surface area is 678 Å². The minimum absolute atomic E-state index is 0.151. The first-order chi connectivity index (χ1) is 56.3. The van der Waals surface area contributed by atoms with Gasteiger partial charge >= 0.3 is 0 Å². The van der Waals surface area contributed by atoms with Gasteiger partial charge in [-0.05, 0) is 247 Å². The molecule has 0 N–H and O–H groups in total. The van der Waals surface area contributed by atoms with Gasteiger partial charge in [0.15, 0.2) is 0 Å². The molecule has 0 spiro atoms. The molecule has 0 aromatic heterocycles. The summed E-state index contributed by atoms with van der Waals surface area (Å²) in [5.41, 5.74) is 35.5. The Balaban J connectivity index is 0.000000105.